The van der Waals surface area contributed by atoms with Crippen LogP contribution in [-0.4, -0.2) is 41.4 Å². The van der Waals surface area contributed by atoms with Crippen molar-refractivity contribution in [1.82, 2.24) is 4.90 Å². The Balaban J connectivity index is 2.24. The number of rotatable bonds is 0. The predicted molar refractivity (Wildman–Crippen MR) is 41.6 cm³/mol. The largest absolute Gasteiger partial charge is 0.447 e. The molecule has 0 aliphatic carbocycles. The van der Waals surface area contributed by atoms with Crippen molar-refractivity contribution in [2.24, 2.45) is 5.41 Å². The number of ether oxygens (including phenoxy) is 1. The van der Waals surface area contributed by atoms with Crippen LogP contribution < -0.4 is 0 Å². The third-order valence-corrected chi connectivity index (χ3v) is 2.76. The van der Waals surface area contributed by atoms with Crippen molar-refractivity contribution in [1.29, 1.82) is 0 Å². The summed E-state index contributed by atoms with van der Waals surface area (Å²) in [5.41, 5.74) is -0.190. The highest BCUT2D eigenvalue weighted by Gasteiger charge is 2.52. The normalized spacial score (nSPS) is 38.2. The van der Waals surface area contributed by atoms with Gasteiger partial charge in [0, 0.05) is 12.0 Å². The molecule has 1 amide bonds. The van der Waals surface area contributed by atoms with Gasteiger partial charge < -0.3 is 9.84 Å². The van der Waals surface area contributed by atoms with Crippen molar-refractivity contribution >= 4 is 6.09 Å². The van der Waals surface area contributed by atoms with E-state index < -0.39 is 6.10 Å². The molecule has 68 valence electrons. The molecule has 2 rings (SSSR count). The van der Waals surface area contributed by atoms with Crippen LogP contribution in [0.25, 0.3) is 0 Å². The molecule has 2 fully saturated rings. The minimum Gasteiger partial charge on any atom is -0.447 e. The minimum atomic E-state index is -0.455. The second kappa shape index (κ2) is 2.13. The van der Waals surface area contributed by atoms with Gasteiger partial charge in [0.25, 0.3) is 0 Å². The van der Waals surface area contributed by atoms with Crippen LogP contribution in [0, 0.1) is 5.41 Å². The molecule has 2 aliphatic rings. The number of aliphatic hydroxyl groups excluding tert-OH is 1. The number of hydrogen-bond acceptors (Lipinski definition) is 3. The highest BCUT2D eigenvalue weighted by molar-refractivity contribution is 5.71. The maximum Gasteiger partial charge on any atom is 0.410 e. The summed E-state index contributed by atoms with van der Waals surface area (Å²) >= 11 is 0. The van der Waals surface area contributed by atoms with Gasteiger partial charge in [0.1, 0.15) is 6.61 Å². The number of aliphatic hydroxyl groups is 1. The van der Waals surface area contributed by atoms with Crippen LogP contribution in [0.3, 0.4) is 0 Å². The number of fused-ring (bicyclic) bond motifs is 1. The van der Waals surface area contributed by atoms with Crippen LogP contribution in [0.1, 0.15) is 13.8 Å². The number of carbonyl (C=O) groups excluding carboxylic acids is 1. The maximum atomic E-state index is 11.1. The molecule has 0 bridgehead atoms. The summed E-state index contributed by atoms with van der Waals surface area (Å²) in [5.74, 6) is 0. The summed E-state index contributed by atoms with van der Waals surface area (Å²) in [6.45, 7) is 4.85. The Morgan fingerprint density at radius 2 is 2.33 bits per heavy atom. The first-order valence-electron chi connectivity index (χ1n) is 4.14. The Morgan fingerprint density at radius 3 is 2.92 bits per heavy atom. The first-order valence-corrected chi connectivity index (χ1v) is 4.14. The zero-order chi connectivity index (χ0) is 8.93. The van der Waals surface area contributed by atoms with Gasteiger partial charge in [0.2, 0.25) is 0 Å². The molecule has 4 nitrogen and oxygen atoms in total. The van der Waals surface area contributed by atoms with E-state index in [0.29, 0.717) is 13.2 Å². The molecule has 0 aromatic rings. The van der Waals surface area contributed by atoms with Gasteiger partial charge in [-0.05, 0) is 0 Å². The monoisotopic (exact) mass is 171 g/mol. The summed E-state index contributed by atoms with van der Waals surface area (Å²) in [4.78, 5) is 12.7. The molecule has 0 unspecified atom stereocenters. The first kappa shape index (κ1) is 7.86. The van der Waals surface area contributed by atoms with Gasteiger partial charge >= 0.3 is 6.09 Å². The van der Waals surface area contributed by atoms with Crippen LogP contribution in [0.15, 0.2) is 0 Å². The fourth-order valence-electron chi connectivity index (χ4n) is 1.96. The molecule has 0 aromatic heterocycles. The Hall–Kier alpha value is -0.770. The molecular formula is C8H13NO3. The van der Waals surface area contributed by atoms with E-state index in [9.17, 15) is 9.90 Å². The molecule has 2 heterocycles. The Morgan fingerprint density at radius 1 is 1.67 bits per heavy atom. The van der Waals surface area contributed by atoms with E-state index in [0.717, 1.165) is 0 Å². The zero-order valence-electron chi connectivity index (χ0n) is 7.28. The van der Waals surface area contributed by atoms with Crippen LogP contribution in [0.4, 0.5) is 4.79 Å². The SMILES string of the molecule is CC1(C)CN2C(=O)OC[C@H]2[C@H]1O. The van der Waals surface area contributed by atoms with Crippen molar-refractivity contribution in [2.45, 2.75) is 26.0 Å². The summed E-state index contributed by atoms with van der Waals surface area (Å²) in [7, 11) is 0. The number of carbonyl (C=O) groups is 1. The molecule has 2 aliphatic heterocycles. The summed E-state index contributed by atoms with van der Waals surface area (Å²) in [5, 5.41) is 9.77. The van der Waals surface area contributed by atoms with Crippen LogP contribution in [0.2, 0.25) is 0 Å². The smallest absolute Gasteiger partial charge is 0.410 e. The number of amides is 1. The summed E-state index contributed by atoms with van der Waals surface area (Å²) in [6, 6.07) is -0.118. The predicted octanol–water partition coefficient (Wildman–Crippen LogP) is 0.208. The van der Waals surface area contributed by atoms with E-state index in [4.69, 9.17) is 4.74 Å². The molecule has 12 heavy (non-hydrogen) atoms. The van der Waals surface area contributed by atoms with E-state index >= 15 is 0 Å². The molecule has 4 heteroatoms. The Labute approximate surface area is 71.1 Å². The van der Waals surface area contributed by atoms with Crippen LogP contribution in [0.5, 0.6) is 0 Å². The molecule has 0 spiro atoms. The highest BCUT2D eigenvalue weighted by atomic mass is 16.6. The van der Waals surface area contributed by atoms with Crippen molar-refractivity contribution in [3.05, 3.63) is 0 Å². The first-order chi connectivity index (χ1) is 5.52. The molecular weight excluding hydrogens is 158 g/mol. The zero-order valence-corrected chi connectivity index (χ0v) is 7.28. The lowest BCUT2D eigenvalue weighted by molar-refractivity contribution is 0.0587. The van der Waals surface area contributed by atoms with E-state index in [1.165, 1.54) is 0 Å². The molecule has 1 N–H and O–H groups in total. The average molecular weight is 171 g/mol. The minimum absolute atomic E-state index is 0.118. The summed E-state index contributed by atoms with van der Waals surface area (Å²) < 4.78 is 4.81. The van der Waals surface area contributed by atoms with Crippen molar-refractivity contribution in [3.63, 3.8) is 0 Å². The van der Waals surface area contributed by atoms with Crippen LogP contribution in [-0.2, 0) is 4.74 Å². The fourth-order valence-corrected chi connectivity index (χ4v) is 1.96. The Bertz CT molecular complexity index is 226. The molecule has 0 saturated carbocycles. The standard InChI is InChI=1S/C8H13NO3/c1-8(2)4-9-5(6(8)10)3-12-7(9)11/h5-6,10H,3-4H2,1-2H3/t5-,6+/m0/s1. The lowest BCUT2D eigenvalue weighted by Crippen LogP contribution is -2.34. The number of cyclic esters (lactones) is 1. The second-order valence-electron chi connectivity index (χ2n) is 4.21. The van der Waals surface area contributed by atoms with Crippen molar-refractivity contribution < 1.29 is 14.6 Å². The molecule has 2 atom stereocenters. The third-order valence-electron chi connectivity index (χ3n) is 2.76. The average Bonchev–Trinajstić information content (AvgIpc) is 2.40. The summed E-state index contributed by atoms with van der Waals surface area (Å²) in [6.07, 6.45) is -0.742. The number of hydrogen-bond donors (Lipinski definition) is 1. The quantitative estimate of drug-likeness (QED) is 0.566. The van der Waals surface area contributed by atoms with Gasteiger partial charge in [-0.15, -0.1) is 0 Å². The van der Waals surface area contributed by atoms with Gasteiger partial charge in [-0.25, -0.2) is 4.79 Å². The van der Waals surface area contributed by atoms with E-state index in [1.54, 1.807) is 4.90 Å². The van der Waals surface area contributed by atoms with Crippen molar-refractivity contribution in [2.75, 3.05) is 13.2 Å². The topological polar surface area (TPSA) is 49.8 Å². The fraction of sp³-hybridized carbons (Fsp3) is 0.875. The third kappa shape index (κ3) is 0.843. The van der Waals surface area contributed by atoms with E-state index in [1.807, 2.05) is 13.8 Å². The van der Waals surface area contributed by atoms with Gasteiger partial charge in [-0.2, -0.15) is 0 Å². The molecule has 0 radical (unpaired) electrons. The van der Waals surface area contributed by atoms with Crippen LogP contribution >= 0.6 is 0 Å². The Kier molecular flexibility index (Phi) is 1.39. The van der Waals surface area contributed by atoms with Crippen molar-refractivity contribution in [3.8, 4) is 0 Å². The lowest BCUT2D eigenvalue weighted by atomic mass is 9.87. The highest BCUT2D eigenvalue weighted by Crippen LogP contribution is 2.37. The van der Waals surface area contributed by atoms with Gasteiger partial charge in [0.15, 0.2) is 0 Å². The molecule has 0 aromatic carbocycles. The van der Waals surface area contributed by atoms with Gasteiger partial charge in [0.05, 0.1) is 12.1 Å². The lowest BCUT2D eigenvalue weighted by Gasteiger charge is -2.22. The maximum absolute atomic E-state index is 11.1. The van der Waals surface area contributed by atoms with E-state index in [-0.39, 0.29) is 17.6 Å². The van der Waals surface area contributed by atoms with Gasteiger partial charge in [-0.1, -0.05) is 13.8 Å². The van der Waals surface area contributed by atoms with E-state index in [2.05, 4.69) is 0 Å². The number of nitrogens with zero attached hydrogens (tertiary/aromatic N) is 1. The molecule has 2 saturated heterocycles. The van der Waals surface area contributed by atoms with Gasteiger partial charge in [-0.3, -0.25) is 4.90 Å². The second-order valence-corrected chi connectivity index (χ2v) is 4.21.